The van der Waals surface area contributed by atoms with E-state index in [-0.39, 0.29) is 0 Å². The highest BCUT2D eigenvalue weighted by molar-refractivity contribution is 5.89. The monoisotopic (exact) mass is 252 g/mol. The van der Waals surface area contributed by atoms with E-state index in [1.54, 1.807) is 0 Å². The van der Waals surface area contributed by atoms with E-state index < -0.39 is 30.5 Å². The van der Waals surface area contributed by atoms with Gasteiger partial charge in [0.05, 0.1) is 0 Å². The first-order chi connectivity index (χ1) is 7.63. The number of aliphatic hydroxyl groups excluding tert-OH is 1. The minimum absolute atomic E-state index is 0.558. The maximum atomic E-state index is 9.55. The van der Waals surface area contributed by atoms with Crippen molar-refractivity contribution >= 4 is 23.9 Å². The summed E-state index contributed by atoms with van der Waals surface area (Å²) in [6.45, 7) is 0.306. The molecule has 9 heteroatoms. The van der Waals surface area contributed by atoms with Crippen molar-refractivity contribution in [2.45, 2.75) is 6.92 Å². The molecule has 0 unspecified atom stereocenters. The Hall–Kier alpha value is -2.42. The third-order valence-electron chi connectivity index (χ3n) is 0.504. The average molecular weight is 252 g/mol. The molecule has 0 aromatic carbocycles. The molecule has 0 bridgehead atoms. The van der Waals surface area contributed by atoms with Crippen LogP contribution in [0.3, 0.4) is 0 Å². The zero-order chi connectivity index (χ0) is 14.4. The van der Waals surface area contributed by atoms with E-state index in [0.717, 1.165) is 6.92 Å². The molecule has 0 saturated heterocycles. The summed E-state index contributed by atoms with van der Waals surface area (Å²) in [5.41, 5.74) is 0. The zero-order valence-electron chi connectivity index (χ0n) is 8.73. The number of hydrogen-bond acceptors (Lipinski definition) is 5. The van der Waals surface area contributed by atoms with Gasteiger partial charge in [-0.1, -0.05) is 0 Å². The number of carbonyl (C=O) groups is 4. The molecular weight excluding hydrogens is 240 g/mol. The molecule has 0 radical (unpaired) electrons. The van der Waals surface area contributed by atoms with Gasteiger partial charge in [0.2, 0.25) is 0 Å². The molecule has 5 N–H and O–H groups in total. The van der Waals surface area contributed by atoms with Crippen LogP contribution in [0, 0.1) is 0 Å². The van der Waals surface area contributed by atoms with Gasteiger partial charge in [0.15, 0.2) is 0 Å². The predicted molar refractivity (Wildman–Crippen MR) is 52.4 cm³/mol. The first-order valence-electron chi connectivity index (χ1n) is 3.79. The summed E-state index contributed by atoms with van der Waals surface area (Å²) in [7, 11) is 0. The van der Waals surface area contributed by atoms with Crippen molar-refractivity contribution in [3.05, 3.63) is 12.2 Å². The Bertz CT molecular complexity index is 271. The van der Waals surface area contributed by atoms with Crippen molar-refractivity contribution in [2.24, 2.45) is 0 Å². The molecule has 0 aromatic heterocycles. The van der Waals surface area contributed by atoms with Crippen LogP contribution >= 0.6 is 0 Å². The Balaban J connectivity index is -0.000000188. The van der Waals surface area contributed by atoms with Crippen LogP contribution < -0.4 is 0 Å². The van der Waals surface area contributed by atoms with Gasteiger partial charge in [0, 0.05) is 19.1 Å². The number of rotatable bonds is 3. The highest BCUT2D eigenvalue weighted by Crippen LogP contribution is 1.70. The van der Waals surface area contributed by atoms with Crippen LogP contribution in [0.25, 0.3) is 0 Å². The van der Waals surface area contributed by atoms with Crippen LogP contribution in [0.1, 0.15) is 6.92 Å². The summed E-state index contributed by atoms with van der Waals surface area (Å²) >= 11 is 0. The van der Waals surface area contributed by atoms with Gasteiger partial charge in [-0.15, -0.1) is 0 Å². The van der Waals surface area contributed by atoms with E-state index >= 15 is 0 Å². The standard InChI is InChI=1S/C4H4O4.C2H4O3.C2H4O2/c5-3(6)1-2-4(7)8;3-1-2(4)5;1-2(3)4/h1-2H,(H,5,6)(H,7,8);3H,1H2,(H,4,5);1H3,(H,3,4)/b2-1-;;. The SMILES string of the molecule is CC(=O)O.O=C(O)/C=C\C(=O)O.O=C(O)CO. The zero-order valence-corrected chi connectivity index (χ0v) is 8.73. The maximum Gasteiger partial charge on any atom is 0.329 e. The van der Waals surface area contributed by atoms with Gasteiger partial charge in [-0.3, -0.25) is 4.79 Å². The summed E-state index contributed by atoms with van der Waals surface area (Å²) in [4.78, 5) is 37.2. The van der Waals surface area contributed by atoms with Gasteiger partial charge < -0.3 is 25.5 Å². The molecule has 98 valence electrons. The van der Waals surface area contributed by atoms with E-state index in [1.165, 1.54) is 0 Å². The van der Waals surface area contributed by atoms with Crippen LogP contribution in [0.5, 0.6) is 0 Å². The van der Waals surface area contributed by atoms with E-state index in [9.17, 15) is 9.59 Å². The molecule has 0 aliphatic carbocycles. The molecule has 0 aliphatic heterocycles. The summed E-state index contributed by atoms with van der Waals surface area (Å²) in [6.07, 6.45) is 1.12. The molecule has 17 heavy (non-hydrogen) atoms. The van der Waals surface area contributed by atoms with Crippen LogP contribution in [0.2, 0.25) is 0 Å². The summed E-state index contributed by atoms with van der Waals surface area (Å²) in [5.74, 6) is -4.54. The van der Waals surface area contributed by atoms with Gasteiger partial charge in [-0.25, -0.2) is 14.4 Å². The first kappa shape index (κ1) is 20.1. The molecule has 0 aromatic rings. The molecule has 0 spiro atoms. The van der Waals surface area contributed by atoms with Gasteiger partial charge >= 0.3 is 17.9 Å². The molecule has 0 atom stereocenters. The lowest BCUT2D eigenvalue weighted by molar-refractivity contribution is -0.140. The quantitative estimate of drug-likeness (QED) is 0.389. The number of aliphatic carboxylic acids is 4. The molecule has 0 heterocycles. The Morgan fingerprint density at radius 3 is 1.12 bits per heavy atom. The van der Waals surface area contributed by atoms with Crippen LogP contribution in [0.15, 0.2) is 12.2 Å². The van der Waals surface area contributed by atoms with Crippen molar-refractivity contribution in [1.82, 2.24) is 0 Å². The van der Waals surface area contributed by atoms with Crippen LogP contribution in [0.4, 0.5) is 0 Å². The molecular formula is C8H12O9. The molecule has 0 amide bonds. The predicted octanol–water partition coefficient (Wildman–Crippen LogP) is -1.13. The van der Waals surface area contributed by atoms with Crippen molar-refractivity contribution in [2.75, 3.05) is 6.61 Å². The largest absolute Gasteiger partial charge is 0.481 e. The fourth-order valence-electron chi connectivity index (χ4n) is 0.143. The van der Waals surface area contributed by atoms with Crippen molar-refractivity contribution in [3.63, 3.8) is 0 Å². The van der Waals surface area contributed by atoms with Gasteiger partial charge in [0.25, 0.3) is 5.97 Å². The second-order valence-corrected chi connectivity index (χ2v) is 2.08. The minimum atomic E-state index is -1.26. The van der Waals surface area contributed by atoms with Crippen molar-refractivity contribution in [3.8, 4) is 0 Å². The van der Waals surface area contributed by atoms with Crippen molar-refractivity contribution < 1.29 is 44.7 Å². The van der Waals surface area contributed by atoms with E-state index in [0.29, 0.717) is 12.2 Å². The average Bonchev–Trinajstić information content (AvgIpc) is 2.14. The molecule has 0 fully saturated rings. The molecule has 0 rings (SSSR count). The lowest BCUT2D eigenvalue weighted by Gasteiger charge is -1.74. The second kappa shape index (κ2) is 13.6. The normalized spacial score (nSPS) is 8.12. The Kier molecular flexibility index (Phi) is 16.0. The lowest BCUT2D eigenvalue weighted by Crippen LogP contribution is -1.98. The minimum Gasteiger partial charge on any atom is -0.481 e. The number of aliphatic hydroxyl groups is 1. The first-order valence-corrected chi connectivity index (χ1v) is 3.79. The molecule has 0 saturated carbocycles. The Morgan fingerprint density at radius 2 is 1.06 bits per heavy atom. The summed E-state index contributed by atoms with van der Waals surface area (Å²) in [5, 5.41) is 38.1. The Morgan fingerprint density at radius 1 is 0.882 bits per heavy atom. The Labute approximate surface area is 95.2 Å². The fourth-order valence-corrected chi connectivity index (χ4v) is 0.143. The van der Waals surface area contributed by atoms with Gasteiger partial charge in [-0.2, -0.15) is 0 Å². The third-order valence-corrected chi connectivity index (χ3v) is 0.504. The van der Waals surface area contributed by atoms with E-state index in [1.807, 2.05) is 0 Å². The van der Waals surface area contributed by atoms with Crippen LogP contribution in [-0.2, 0) is 19.2 Å². The summed E-state index contributed by atoms with van der Waals surface area (Å²) < 4.78 is 0. The van der Waals surface area contributed by atoms with Gasteiger partial charge in [-0.05, 0) is 0 Å². The highest BCUT2D eigenvalue weighted by atomic mass is 16.4. The highest BCUT2D eigenvalue weighted by Gasteiger charge is 1.88. The second-order valence-electron chi connectivity index (χ2n) is 2.08. The third kappa shape index (κ3) is 86.8. The van der Waals surface area contributed by atoms with Crippen molar-refractivity contribution in [1.29, 1.82) is 0 Å². The fraction of sp³-hybridized carbons (Fsp3) is 0.250. The number of carboxylic acids is 4. The number of carboxylic acid groups (broad SMARTS) is 4. The maximum absolute atomic E-state index is 9.55. The smallest absolute Gasteiger partial charge is 0.329 e. The summed E-state index contributed by atoms with van der Waals surface area (Å²) in [6, 6.07) is 0. The van der Waals surface area contributed by atoms with Gasteiger partial charge in [0.1, 0.15) is 6.61 Å². The molecule has 9 nitrogen and oxygen atoms in total. The van der Waals surface area contributed by atoms with E-state index in [2.05, 4.69) is 0 Å². The topological polar surface area (TPSA) is 169 Å². The number of hydrogen-bond donors (Lipinski definition) is 5. The van der Waals surface area contributed by atoms with Crippen LogP contribution in [-0.4, -0.2) is 56.0 Å². The lowest BCUT2D eigenvalue weighted by atomic mass is 10.5. The molecule has 0 aliphatic rings. The van der Waals surface area contributed by atoms with E-state index in [4.69, 9.17) is 35.1 Å².